The third-order valence-electron chi connectivity index (χ3n) is 4.82. The molecule has 4 rings (SSSR count). The van der Waals surface area contributed by atoms with Crippen molar-refractivity contribution in [3.8, 4) is 0 Å². The van der Waals surface area contributed by atoms with E-state index in [1.165, 1.54) is 6.07 Å². The molecule has 0 N–H and O–H groups in total. The molecule has 3 heterocycles. The number of rotatable bonds is 1. The van der Waals surface area contributed by atoms with Crippen LogP contribution in [0.2, 0.25) is 0 Å². The van der Waals surface area contributed by atoms with Crippen LogP contribution >= 0.6 is 0 Å². The number of Topliss-reactive ketones (excluding diaryl/α,β-unsaturated/α-hetero) is 1. The number of hydrogen-bond donors (Lipinski definition) is 0. The quantitative estimate of drug-likeness (QED) is 0.792. The van der Waals surface area contributed by atoms with Crippen molar-refractivity contribution in [1.82, 2.24) is 9.97 Å². The number of ketones is 1. The minimum atomic E-state index is -4.40. The van der Waals surface area contributed by atoms with Crippen LogP contribution in [0.25, 0.3) is 0 Å². The van der Waals surface area contributed by atoms with Gasteiger partial charge in [-0.25, -0.2) is 4.98 Å². The normalized spacial score (nSPS) is 16.8. The van der Waals surface area contributed by atoms with Gasteiger partial charge < -0.3 is 4.90 Å². The highest BCUT2D eigenvalue weighted by atomic mass is 19.4. The highest BCUT2D eigenvalue weighted by Gasteiger charge is 2.33. The average molecular weight is 347 g/mol. The van der Waals surface area contributed by atoms with E-state index in [0.29, 0.717) is 49.2 Å². The molecule has 0 bridgehead atoms. The topological polar surface area (TPSA) is 46.1 Å². The van der Waals surface area contributed by atoms with Crippen molar-refractivity contribution in [1.29, 1.82) is 0 Å². The molecule has 1 aliphatic carbocycles. The fourth-order valence-corrected chi connectivity index (χ4v) is 3.52. The molecule has 7 heteroatoms. The first kappa shape index (κ1) is 16.1. The fraction of sp³-hybridized carbons (Fsp3) is 0.389. The molecule has 130 valence electrons. The molecule has 25 heavy (non-hydrogen) atoms. The molecule has 0 unspecified atom stereocenters. The maximum atomic E-state index is 12.9. The Morgan fingerprint density at radius 3 is 2.68 bits per heavy atom. The molecular formula is C18H16F3N3O. The van der Waals surface area contributed by atoms with E-state index < -0.39 is 11.7 Å². The first-order valence-corrected chi connectivity index (χ1v) is 8.16. The Morgan fingerprint density at radius 1 is 1.12 bits per heavy atom. The van der Waals surface area contributed by atoms with Crippen molar-refractivity contribution in [3.63, 3.8) is 0 Å². The number of aromatic nitrogens is 2. The maximum Gasteiger partial charge on any atom is 0.417 e. The van der Waals surface area contributed by atoms with Gasteiger partial charge in [0.2, 0.25) is 0 Å². The summed E-state index contributed by atoms with van der Waals surface area (Å²) < 4.78 is 38.8. The first-order chi connectivity index (χ1) is 11.8. The summed E-state index contributed by atoms with van der Waals surface area (Å²) in [5, 5.41) is 0. The van der Waals surface area contributed by atoms with Gasteiger partial charge >= 0.3 is 6.18 Å². The lowest BCUT2D eigenvalue weighted by molar-refractivity contribution is -0.137. The monoisotopic (exact) mass is 347 g/mol. The summed E-state index contributed by atoms with van der Waals surface area (Å²) >= 11 is 0. The summed E-state index contributed by atoms with van der Waals surface area (Å²) in [4.78, 5) is 22.4. The number of carbonyl (C=O) groups excluding carboxylic acids is 1. The Morgan fingerprint density at radius 2 is 1.92 bits per heavy atom. The smallest absolute Gasteiger partial charge is 0.352 e. The van der Waals surface area contributed by atoms with Gasteiger partial charge in [-0.2, -0.15) is 13.2 Å². The van der Waals surface area contributed by atoms with Crippen molar-refractivity contribution in [2.24, 2.45) is 0 Å². The number of carbonyl (C=O) groups is 1. The second-order valence-electron chi connectivity index (χ2n) is 6.55. The van der Waals surface area contributed by atoms with E-state index in [1.54, 1.807) is 0 Å². The van der Waals surface area contributed by atoms with E-state index in [2.05, 4.69) is 9.97 Å². The van der Waals surface area contributed by atoms with Crippen molar-refractivity contribution < 1.29 is 18.0 Å². The highest BCUT2D eigenvalue weighted by Crippen LogP contribution is 2.33. The van der Waals surface area contributed by atoms with Crippen LogP contribution in [0.1, 0.15) is 44.9 Å². The first-order valence-electron chi connectivity index (χ1n) is 8.16. The number of halogens is 3. The summed E-state index contributed by atoms with van der Waals surface area (Å²) in [6.45, 7) is 2.87. The molecule has 0 atom stereocenters. The number of nitrogens with zero attached hydrogens (tertiary/aromatic N) is 3. The zero-order chi connectivity index (χ0) is 17.8. The lowest BCUT2D eigenvalue weighted by atomic mass is 10.0. The minimum Gasteiger partial charge on any atom is -0.352 e. The van der Waals surface area contributed by atoms with Gasteiger partial charge in [-0.15, -0.1) is 0 Å². The van der Waals surface area contributed by atoms with Crippen molar-refractivity contribution >= 4 is 11.6 Å². The molecular weight excluding hydrogens is 331 g/mol. The molecule has 0 saturated carbocycles. The third-order valence-corrected chi connectivity index (χ3v) is 4.82. The van der Waals surface area contributed by atoms with Crippen LogP contribution in [-0.4, -0.2) is 22.3 Å². The number of pyridine rings is 2. The molecule has 2 aromatic heterocycles. The summed E-state index contributed by atoms with van der Waals surface area (Å²) in [6, 6.07) is 3.04. The molecule has 0 spiro atoms. The van der Waals surface area contributed by atoms with Crippen molar-refractivity contribution in [2.75, 3.05) is 11.4 Å². The standard InChI is InChI=1S/C18H16F3N3O/c1-10-6-13-15(2-3-16(13)25)23-17(10)24-5-4-14-11(9-24)7-12(8-22-14)18(19,20)21/h6-8H,2-5,9H2,1H3. The molecule has 2 aliphatic rings. The van der Waals surface area contributed by atoms with E-state index in [1.807, 2.05) is 17.9 Å². The van der Waals surface area contributed by atoms with Gasteiger partial charge in [0.1, 0.15) is 5.82 Å². The van der Waals surface area contributed by atoms with Gasteiger partial charge in [0.25, 0.3) is 0 Å². The molecule has 4 nitrogen and oxygen atoms in total. The Balaban J connectivity index is 1.68. The fourth-order valence-electron chi connectivity index (χ4n) is 3.52. The molecule has 0 saturated heterocycles. The Labute approximate surface area is 142 Å². The summed E-state index contributed by atoms with van der Waals surface area (Å²) in [6.07, 6.45) is -1.81. The van der Waals surface area contributed by atoms with Crippen LogP contribution in [0.3, 0.4) is 0 Å². The Kier molecular flexibility index (Phi) is 3.56. The molecule has 0 radical (unpaired) electrons. The molecule has 2 aromatic rings. The summed E-state index contributed by atoms with van der Waals surface area (Å²) in [5.41, 5.74) is 2.91. The zero-order valence-electron chi connectivity index (χ0n) is 13.7. The van der Waals surface area contributed by atoms with Crippen molar-refractivity contribution in [2.45, 2.75) is 38.9 Å². The van der Waals surface area contributed by atoms with Crippen molar-refractivity contribution in [3.05, 3.63) is 52.0 Å². The summed E-state index contributed by atoms with van der Waals surface area (Å²) in [7, 11) is 0. The number of fused-ring (bicyclic) bond motifs is 2. The van der Waals surface area contributed by atoms with Gasteiger partial charge in [-0.1, -0.05) is 0 Å². The Bertz CT molecular complexity index is 877. The number of alkyl halides is 3. The largest absolute Gasteiger partial charge is 0.417 e. The van der Waals surface area contributed by atoms with Crippen LogP contribution in [0.15, 0.2) is 18.3 Å². The van der Waals surface area contributed by atoms with Crippen LogP contribution in [0.4, 0.5) is 19.0 Å². The highest BCUT2D eigenvalue weighted by molar-refractivity contribution is 6.00. The van der Waals surface area contributed by atoms with E-state index in [-0.39, 0.29) is 5.78 Å². The number of anilines is 1. The van der Waals surface area contributed by atoms with Gasteiger partial charge in [0.15, 0.2) is 5.78 Å². The van der Waals surface area contributed by atoms with E-state index >= 15 is 0 Å². The molecule has 1 aliphatic heterocycles. The predicted molar refractivity (Wildman–Crippen MR) is 85.6 cm³/mol. The van der Waals surface area contributed by atoms with Gasteiger partial charge in [-0.3, -0.25) is 9.78 Å². The Hall–Kier alpha value is -2.44. The molecule has 0 amide bonds. The van der Waals surface area contributed by atoms with E-state index in [4.69, 9.17) is 0 Å². The predicted octanol–water partition coefficient (Wildman–Crippen LogP) is 3.50. The van der Waals surface area contributed by atoms with Gasteiger partial charge in [-0.05, 0) is 36.6 Å². The second-order valence-corrected chi connectivity index (χ2v) is 6.55. The van der Waals surface area contributed by atoms with Crippen LogP contribution in [0.5, 0.6) is 0 Å². The lowest BCUT2D eigenvalue weighted by Crippen LogP contribution is -2.32. The van der Waals surface area contributed by atoms with Crippen LogP contribution < -0.4 is 4.90 Å². The minimum absolute atomic E-state index is 0.111. The zero-order valence-corrected chi connectivity index (χ0v) is 13.7. The number of hydrogen-bond acceptors (Lipinski definition) is 4. The van der Waals surface area contributed by atoms with Gasteiger partial charge in [0.05, 0.1) is 11.3 Å². The number of aryl methyl sites for hydroxylation is 2. The van der Waals surface area contributed by atoms with E-state index in [0.717, 1.165) is 23.3 Å². The van der Waals surface area contributed by atoms with Gasteiger partial charge in [0, 0.05) is 43.4 Å². The summed E-state index contributed by atoms with van der Waals surface area (Å²) in [5.74, 6) is 0.858. The maximum absolute atomic E-state index is 12.9. The molecule has 0 fully saturated rings. The lowest BCUT2D eigenvalue weighted by Gasteiger charge is -2.31. The SMILES string of the molecule is Cc1cc2c(nc1N1CCc3ncc(C(F)(F)F)cc3C1)CCC2=O. The van der Waals surface area contributed by atoms with Crippen LogP contribution in [-0.2, 0) is 25.6 Å². The third kappa shape index (κ3) is 2.77. The van der Waals surface area contributed by atoms with E-state index in [9.17, 15) is 18.0 Å². The molecule has 0 aromatic carbocycles. The van der Waals surface area contributed by atoms with Crippen LogP contribution in [0, 0.1) is 6.92 Å². The average Bonchev–Trinajstić information content (AvgIpc) is 2.92. The second kappa shape index (κ2) is 5.54.